The van der Waals surface area contributed by atoms with Gasteiger partial charge in [-0.15, -0.1) is 11.8 Å². The molecule has 2 amide bonds. The molecular weight excluding hydrogens is 612 g/mol. The quantitative estimate of drug-likeness (QED) is 0.155. The van der Waals surface area contributed by atoms with Gasteiger partial charge in [0.05, 0.1) is 5.25 Å². The Morgan fingerprint density at radius 1 is 1.07 bits per heavy atom. The second-order valence-electron chi connectivity index (χ2n) is 12.9. The molecule has 1 saturated carbocycles. The number of ether oxygens (including phenoxy) is 1. The summed E-state index contributed by atoms with van der Waals surface area (Å²) in [5.74, 6) is -2.42. The molecular formula is C33H42N4O8S. The maximum atomic E-state index is 13.4. The van der Waals surface area contributed by atoms with E-state index in [-0.39, 0.29) is 35.7 Å². The van der Waals surface area contributed by atoms with Gasteiger partial charge in [-0.3, -0.25) is 29.0 Å². The van der Waals surface area contributed by atoms with E-state index in [9.17, 15) is 24.0 Å². The molecule has 0 spiro atoms. The predicted octanol–water partition coefficient (Wildman–Crippen LogP) is 2.58. The minimum atomic E-state index is -1.23. The number of allylic oxidation sites excluding steroid dienone is 1. The van der Waals surface area contributed by atoms with E-state index >= 15 is 0 Å². The number of pyridine rings is 1. The van der Waals surface area contributed by atoms with Crippen molar-refractivity contribution in [2.45, 2.75) is 81.5 Å². The fourth-order valence-corrected chi connectivity index (χ4v) is 8.63. The number of carbonyl (C=O) groups is 5. The number of hydrogen-bond donors (Lipinski definition) is 5. The SMILES string of the molecule is N[C@@H](CCC(=O)N[C@@H](CS[C@@H]1CC2CCC(CC2)CC2CC(Cc3ccncc3)=C[C@@H]3C(=O)OC1=C23)C(=O)NCC(=O)O)C(=O)O. The van der Waals surface area contributed by atoms with E-state index in [1.165, 1.54) is 17.3 Å². The summed E-state index contributed by atoms with van der Waals surface area (Å²) in [7, 11) is 0. The largest absolute Gasteiger partial charge is 0.480 e. The van der Waals surface area contributed by atoms with Gasteiger partial charge in [0.25, 0.3) is 0 Å². The summed E-state index contributed by atoms with van der Waals surface area (Å²) in [5, 5.41) is 22.9. The lowest BCUT2D eigenvalue weighted by molar-refractivity contribution is -0.140. The molecule has 0 saturated heterocycles. The second-order valence-corrected chi connectivity index (χ2v) is 14.1. The van der Waals surface area contributed by atoms with E-state index in [4.69, 9.17) is 20.7 Å². The monoisotopic (exact) mass is 654 g/mol. The average Bonchev–Trinajstić information content (AvgIpc) is 3.37. The van der Waals surface area contributed by atoms with Crippen LogP contribution >= 0.6 is 11.8 Å². The third-order valence-electron chi connectivity index (χ3n) is 9.57. The van der Waals surface area contributed by atoms with Crippen LogP contribution in [0.2, 0.25) is 0 Å². The molecule has 1 aromatic heterocycles. The topological polar surface area (TPSA) is 198 Å². The molecule has 1 aromatic rings. The molecule has 1 aliphatic heterocycles. The van der Waals surface area contributed by atoms with Crippen molar-refractivity contribution in [1.82, 2.24) is 15.6 Å². The number of rotatable bonds is 13. The normalized spacial score (nSPS) is 26.7. The van der Waals surface area contributed by atoms with Crippen LogP contribution in [0, 0.1) is 23.7 Å². The highest BCUT2D eigenvalue weighted by Gasteiger charge is 2.46. The number of carbonyl (C=O) groups excluding carboxylic acids is 3. The van der Waals surface area contributed by atoms with Crippen LogP contribution in [0.4, 0.5) is 0 Å². The first-order valence-electron chi connectivity index (χ1n) is 16.0. The van der Waals surface area contributed by atoms with E-state index in [1.807, 2.05) is 12.1 Å². The van der Waals surface area contributed by atoms with Crippen molar-refractivity contribution < 1.29 is 38.9 Å². The van der Waals surface area contributed by atoms with Crippen molar-refractivity contribution in [2.24, 2.45) is 29.4 Å². The summed E-state index contributed by atoms with van der Waals surface area (Å²) >= 11 is 1.43. The number of esters is 1. The number of aliphatic carboxylic acids is 2. The van der Waals surface area contributed by atoms with Crippen LogP contribution in [-0.4, -0.2) is 74.6 Å². The first kappa shape index (κ1) is 33.6. The zero-order valence-electron chi connectivity index (χ0n) is 25.7. The van der Waals surface area contributed by atoms with E-state index < -0.39 is 48.3 Å². The molecule has 4 aliphatic carbocycles. The minimum absolute atomic E-state index is 0.106. The molecule has 2 heterocycles. The summed E-state index contributed by atoms with van der Waals surface area (Å²) in [4.78, 5) is 65.5. The molecule has 5 aliphatic rings. The first-order valence-corrected chi connectivity index (χ1v) is 17.0. The third kappa shape index (κ3) is 8.55. The van der Waals surface area contributed by atoms with Gasteiger partial charge in [0, 0.05) is 24.6 Å². The summed E-state index contributed by atoms with van der Waals surface area (Å²) in [6, 6.07) is 1.68. The minimum Gasteiger partial charge on any atom is -0.480 e. The number of hydrogen-bond acceptors (Lipinski definition) is 9. The van der Waals surface area contributed by atoms with E-state index in [0.29, 0.717) is 17.6 Å². The number of carboxylic acid groups (broad SMARTS) is 2. The molecule has 6 N–H and O–H groups in total. The Labute approximate surface area is 272 Å². The maximum absolute atomic E-state index is 13.4. The van der Waals surface area contributed by atoms with Crippen molar-refractivity contribution in [2.75, 3.05) is 12.3 Å². The Morgan fingerprint density at radius 2 is 1.76 bits per heavy atom. The lowest BCUT2D eigenvalue weighted by atomic mass is 9.68. The Morgan fingerprint density at radius 3 is 2.43 bits per heavy atom. The molecule has 248 valence electrons. The number of thioether (sulfide) groups is 1. The molecule has 0 radical (unpaired) electrons. The van der Waals surface area contributed by atoms with Crippen LogP contribution in [-0.2, 0) is 35.1 Å². The molecule has 0 aromatic carbocycles. The van der Waals surface area contributed by atoms with Gasteiger partial charge in [0.15, 0.2) is 0 Å². The fraction of sp³-hybridized carbons (Fsp3) is 0.576. The van der Waals surface area contributed by atoms with Crippen LogP contribution in [0.25, 0.3) is 0 Å². The third-order valence-corrected chi connectivity index (χ3v) is 10.9. The van der Waals surface area contributed by atoms with Gasteiger partial charge in [0.2, 0.25) is 11.8 Å². The zero-order valence-corrected chi connectivity index (χ0v) is 26.5. The highest BCUT2D eigenvalue weighted by atomic mass is 32.2. The lowest BCUT2D eigenvalue weighted by Crippen LogP contribution is -2.49. The highest BCUT2D eigenvalue weighted by Crippen LogP contribution is 2.51. The van der Waals surface area contributed by atoms with Gasteiger partial charge < -0.3 is 31.3 Å². The summed E-state index contributed by atoms with van der Waals surface area (Å²) in [5.41, 5.74) is 8.95. The number of fused-ring (bicyclic) bond motifs is 3. The number of nitrogens with one attached hydrogen (secondary N) is 2. The van der Waals surface area contributed by atoms with Gasteiger partial charge in [0.1, 0.15) is 30.3 Å². The average molecular weight is 655 g/mol. The predicted molar refractivity (Wildman–Crippen MR) is 169 cm³/mol. The molecule has 12 nitrogen and oxygen atoms in total. The summed E-state index contributed by atoms with van der Waals surface area (Å²) in [6.07, 6.45) is 13.1. The number of nitrogens with zero attached hydrogens (tertiary/aromatic N) is 1. The Bertz CT molecular complexity index is 1390. The molecule has 5 atom stereocenters. The Hall–Kier alpha value is -3.71. The van der Waals surface area contributed by atoms with Crippen LogP contribution < -0.4 is 16.4 Å². The standard InChI is InChI=1S/C33H42N4O8S/c34-24(32(42)43)5-6-27(38)37-25(31(41)36-16-28(39)40)17-46-26-15-19-3-1-18(2-4-19)12-22-13-21(11-20-7-9-35-10-8-20)14-23-29(22)30(26)45-33(23)44/h7-10,14,18-19,22-26H,1-6,11-13,15-17,34H2,(H,36,41)(H,37,38)(H,39,40)(H,42,43)/t18?,19?,22?,23-,24-,25-,26+/m0/s1. The summed E-state index contributed by atoms with van der Waals surface area (Å²) in [6.45, 7) is -0.614. The number of amides is 2. The van der Waals surface area contributed by atoms with Gasteiger partial charge in [-0.1, -0.05) is 37.3 Å². The molecule has 1 fully saturated rings. The molecule has 6 rings (SSSR count). The lowest BCUT2D eigenvalue weighted by Gasteiger charge is -2.37. The Balaban J connectivity index is 1.38. The fourth-order valence-electron chi connectivity index (χ4n) is 7.23. The van der Waals surface area contributed by atoms with E-state index in [0.717, 1.165) is 62.5 Å². The van der Waals surface area contributed by atoms with Crippen molar-refractivity contribution in [1.29, 1.82) is 0 Å². The van der Waals surface area contributed by atoms with Crippen molar-refractivity contribution in [3.8, 4) is 0 Å². The highest BCUT2D eigenvalue weighted by molar-refractivity contribution is 8.00. The van der Waals surface area contributed by atoms with Crippen LogP contribution in [0.1, 0.15) is 63.4 Å². The molecule has 1 unspecified atom stereocenters. The van der Waals surface area contributed by atoms with Crippen molar-refractivity contribution in [3.63, 3.8) is 0 Å². The van der Waals surface area contributed by atoms with Gasteiger partial charge in [-0.25, -0.2) is 0 Å². The molecule has 13 heteroatoms. The van der Waals surface area contributed by atoms with Gasteiger partial charge in [-0.2, -0.15) is 0 Å². The van der Waals surface area contributed by atoms with Gasteiger partial charge >= 0.3 is 17.9 Å². The number of aromatic nitrogens is 1. The maximum Gasteiger partial charge on any atom is 0.322 e. The molecule has 46 heavy (non-hydrogen) atoms. The van der Waals surface area contributed by atoms with Gasteiger partial charge in [-0.05, 0) is 73.1 Å². The van der Waals surface area contributed by atoms with Crippen LogP contribution in [0.5, 0.6) is 0 Å². The second kappa shape index (κ2) is 15.3. The molecule has 2 bridgehead atoms. The van der Waals surface area contributed by atoms with E-state index in [2.05, 4.69) is 21.7 Å². The van der Waals surface area contributed by atoms with Crippen molar-refractivity contribution in [3.05, 3.63) is 53.1 Å². The first-order chi connectivity index (χ1) is 22.1. The summed E-state index contributed by atoms with van der Waals surface area (Å²) < 4.78 is 6.10. The van der Waals surface area contributed by atoms with E-state index in [1.54, 1.807) is 12.4 Å². The van der Waals surface area contributed by atoms with Crippen LogP contribution in [0.15, 0.2) is 47.5 Å². The number of carboxylic acids is 2. The van der Waals surface area contributed by atoms with Crippen molar-refractivity contribution >= 4 is 41.5 Å². The Kier molecular flexibility index (Phi) is 11.2. The number of nitrogens with two attached hydrogens (primary N) is 1. The smallest absolute Gasteiger partial charge is 0.322 e. The van der Waals surface area contributed by atoms with Crippen LogP contribution in [0.3, 0.4) is 0 Å². The zero-order chi connectivity index (χ0) is 32.8.